The van der Waals surface area contributed by atoms with Crippen molar-refractivity contribution in [1.29, 1.82) is 0 Å². The van der Waals surface area contributed by atoms with Crippen LogP contribution in [-0.4, -0.2) is 30.2 Å². The third kappa shape index (κ3) is 4.22. The molecule has 0 aliphatic heterocycles. The van der Waals surface area contributed by atoms with Crippen molar-refractivity contribution in [3.8, 4) is 11.1 Å². The predicted octanol–water partition coefficient (Wildman–Crippen LogP) is 4.80. The number of carbonyl (C=O) groups excluding carboxylic acids is 1. The minimum atomic E-state index is -0.248. The van der Waals surface area contributed by atoms with Crippen LogP contribution in [0.4, 0.5) is 0 Å². The molecule has 1 saturated carbocycles. The predicted molar refractivity (Wildman–Crippen MR) is 159 cm³/mol. The van der Waals surface area contributed by atoms with Gasteiger partial charge in [-0.25, -0.2) is 0 Å². The molecule has 3 N–H and O–H groups in total. The number of amides is 1. The van der Waals surface area contributed by atoms with Crippen LogP contribution >= 0.6 is 0 Å². The van der Waals surface area contributed by atoms with Gasteiger partial charge in [-0.3, -0.25) is 19.1 Å². The van der Waals surface area contributed by atoms with E-state index in [4.69, 9.17) is 5.10 Å². The Kier molecular flexibility index (Phi) is 6.17. The van der Waals surface area contributed by atoms with Crippen LogP contribution in [0, 0.1) is 6.92 Å². The number of H-pyrrole nitrogens is 2. The smallest absolute Gasteiger partial charge is 0.274 e. The first-order chi connectivity index (χ1) is 19.9. The summed E-state index contributed by atoms with van der Waals surface area (Å²) in [4.78, 5) is 45.7. The number of fused-ring (bicyclic) bond motifs is 3. The zero-order valence-corrected chi connectivity index (χ0v) is 23.5. The first-order valence-electron chi connectivity index (χ1n) is 14.6. The molecule has 7 rings (SSSR count). The number of aromatic amines is 2. The van der Waals surface area contributed by atoms with Gasteiger partial charge in [0, 0.05) is 53.6 Å². The summed E-state index contributed by atoms with van der Waals surface area (Å²) in [6.45, 7) is 2.13. The lowest BCUT2D eigenvalue weighted by Gasteiger charge is -2.21. The fourth-order valence-corrected chi connectivity index (χ4v) is 6.99. The van der Waals surface area contributed by atoms with Gasteiger partial charge in [0.2, 0.25) is 0 Å². The lowest BCUT2D eigenvalue weighted by molar-refractivity contribution is 0.0952. The highest BCUT2D eigenvalue weighted by molar-refractivity contribution is 6.09. The van der Waals surface area contributed by atoms with Gasteiger partial charge in [-0.2, -0.15) is 5.10 Å². The quantitative estimate of drug-likeness (QED) is 0.291. The molecule has 0 bridgehead atoms. The Bertz CT molecular complexity index is 1950. The number of pyridine rings is 2. The van der Waals surface area contributed by atoms with Crippen molar-refractivity contribution in [3.63, 3.8) is 0 Å². The van der Waals surface area contributed by atoms with Crippen LogP contribution < -0.4 is 16.4 Å². The third-order valence-electron chi connectivity index (χ3n) is 9.12. The van der Waals surface area contributed by atoms with Gasteiger partial charge in [-0.05, 0) is 80.3 Å². The monoisotopic (exact) mass is 550 g/mol. The Hall–Kier alpha value is -4.40. The van der Waals surface area contributed by atoms with E-state index in [2.05, 4.69) is 26.0 Å². The second-order valence-corrected chi connectivity index (χ2v) is 11.6. The fraction of sp³-hybridized carbons (Fsp3) is 0.375. The van der Waals surface area contributed by atoms with Gasteiger partial charge >= 0.3 is 0 Å². The number of nitrogens with zero attached hydrogens (tertiary/aromatic N) is 3. The lowest BCUT2D eigenvalue weighted by Crippen LogP contribution is -2.30. The number of benzene rings is 1. The second-order valence-electron chi connectivity index (χ2n) is 11.6. The molecule has 4 heterocycles. The standard InChI is InChI=1S/C32H34N6O3/c1-18-21-9-5-6-10-22(21)26(31(40)36-18)15-34-30(39)24-13-19(27-17-37(2)32(41)29-23(27)11-12-33-29)14-28-25(24)16-35-38(28)20-7-3-4-8-20/h11-14,16-17,20,33H,3-10,15H2,1-2H3,(H,34,39)(H,36,40). The number of aromatic nitrogens is 5. The SMILES string of the molecule is Cc1[nH]c(=O)c(CNC(=O)c2cc(-c3cn(C)c(=O)c4[nH]ccc34)cc3c2cnn3C2CCCC2)c2c1CCCC2. The summed E-state index contributed by atoms with van der Waals surface area (Å²) >= 11 is 0. The number of carbonyl (C=O) groups is 1. The van der Waals surface area contributed by atoms with E-state index < -0.39 is 0 Å². The summed E-state index contributed by atoms with van der Waals surface area (Å²) in [5, 5.41) is 9.42. The molecule has 210 valence electrons. The molecule has 1 fully saturated rings. The molecule has 4 aromatic heterocycles. The summed E-state index contributed by atoms with van der Waals surface area (Å²) in [6.07, 6.45) is 13.8. The molecule has 2 aliphatic carbocycles. The molecule has 0 spiro atoms. The maximum atomic E-state index is 13.9. The highest BCUT2D eigenvalue weighted by atomic mass is 16.2. The normalized spacial score (nSPS) is 15.6. The maximum absolute atomic E-state index is 13.9. The van der Waals surface area contributed by atoms with Crippen molar-refractivity contribution in [2.24, 2.45) is 7.05 Å². The highest BCUT2D eigenvalue weighted by Crippen LogP contribution is 2.36. The van der Waals surface area contributed by atoms with Crippen LogP contribution in [0.25, 0.3) is 32.9 Å². The Balaban J connectivity index is 1.34. The van der Waals surface area contributed by atoms with Gasteiger partial charge in [-0.1, -0.05) is 12.8 Å². The second kappa shape index (κ2) is 9.90. The van der Waals surface area contributed by atoms with Gasteiger partial charge in [-0.15, -0.1) is 0 Å². The largest absolute Gasteiger partial charge is 0.357 e. The van der Waals surface area contributed by atoms with Crippen LogP contribution in [0.1, 0.15) is 77.3 Å². The van der Waals surface area contributed by atoms with Gasteiger partial charge in [0.1, 0.15) is 5.52 Å². The molecule has 41 heavy (non-hydrogen) atoms. The number of rotatable bonds is 5. The summed E-state index contributed by atoms with van der Waals surface area (Å²) in [6, 6.07) is 6.17. The van der Waals surface area contributed by atoms with Crippen molar-refractivity contribution in [2.45, 2.75) is 70.9 Å². The summed E-state index contributed by atoms with van der Waals surface area (Å²) in [5.74, 6) is -0.248. The van der Waals surface area contributed by atoms with Gasteiger partial charge in [0.25, 0.3) is 17.0 Å². The average Bonchev–Trinajstić information content (AvgIpc) is 3.75. The van der Waals surface area contributed by atoms with E-state index in [1.165, 1.54) is 18.4 Å². The zero-order chi connectivity index (χ0) is 28.2. The summed E-state index contributed by atoms with van der Waals surface area (Å²) in [7, 11) is 1.74. The molecule has 0 atom stereocenters. The van der Waals surface area contributed by atoms with Crippen molar-refractivity contribution in [3.05, 3.63) is 85.4 Å². The highest BCUT2D eigenvalue weighted by Gasteiger charge is 2.24. The maximum Gasteiger partial charge on any atom is 0.274 e. The molecule has 9 nitrogen and oxygen atoms in total. The number of aryl methyl sites for hydroxylation is 2. The van der Waals surface area contributed by atoms with Crippen molar-refractivity contribution in [1.82, 2.24) is 29.6 Å². The topological polar surface area (TPSA) is 118 Å². The van der Waals surface area contributed by atoms with Crippen molar-refractivity contribution in [2.75, 3.05) is 0 Å². The molecular weight excluding hydrogens is 516 g/mol. The molecule has 0 saturated heterocycles. The van der Waals surface area contributed by atoms with Crippen LogP contribution in [0.5, 0.6) is 0 Å². The first-order valence-corrected chi connectivity index (χ1v) is 14.6. The fourth-order valence-electron chi connectivity index (χ4n) is 6.99. The molecule has 0 radical (unpaired) electrons. The van der Waals surface area contributed by atoms with Crippen molar-refractivity contribution >= 4 is 27.7 Å². The molecule has 2 aliphatic rings. The van der Waals surface area contributed by atoms with Crippen molar-refractivity contribution < 1.29 is 4.79 Å². The lowest BCUT2D eigenvalue weighted by atomic mass is 9.88. The Morgan fingerprint density at radius 1 is 1.07 bits per heavy atom. The van der Waals surface area contributed by atoms with Crippen LogP contribution in [-0.2, 0) is 26.4 Å². The van der Waals surface area contributed by atoms with Crippen LogP contribution in [0.2, 0.25) is 0 Å². The van der Waals surface area contributed by atoms with E-state index in [1.54, 1.807) is 24.0 Å². The molecule has 9 heteroatoms. The van der Waals surface area contributed by atoms with E-state index in [0.29, 0.717) is 22.7 Å². The number of nitrogens with one attached hydrogen (secondary N) is 3. The molecule has 1 aromatic carbocycles. The van der Waals surface area contributed by atoms with Gasteiger partial charge in [0.15, 0.2) is 0 Å². The van der Waals surface area contributed by atoms with E-state index in [-0.39, 0.29) is 23.6 Å². The first kappa shape index (κ1) is 25.6. The number of hydrogen-bond acceptors (Lipinski definition) is 4. The van der Waals surface area contributed by atoms with Gasteiger partial charge < -0.3 is 19.9 Å². The average molecular weight is 551 g/mol. The summed E-state index contributed by atoms with van der Waals surface area (Å²) < 4.78 is 3.64. The minimum absolute atomic E-state index is 0.101. The molecule has 0 unspecified atom stereocenters. The zero-order valence-electron chi connectivity index (χ0n) is 23.5. The molecule has 1 amide bonds. The summed E-state index contributed by atoms with van der Waals surface area (Å²) in [5.41, 5.74) is 7.31. The van der Waals surface area contributed by atoms with Crippen LogP contribution in [0.15, 0.2) is 46.4 Å². The van der Waals surface area contributed by atoms with Crippen LogP contribution in [0.3, 0.4) is 0 Å². The van der Waals surface area contributed by atoms with E-state index in [9.17, 15) is 14.4 Å². The Morgan fingerprint density at radius 3 is 2.66 bits per heavy atom. The number of hydrogen-bond donors (Lipinski definition) is 3. The van der Waals surface area contributed by atoms with E-state index in [1.807, 2.05) is 25.3 Å². The molecular formula is C32H34N6O3. The van der Waals surface area contributed by atoms with Gasteiger partial charge in [0.05, 0.1) is 23.3 Å². The Morgan fingerprint density at radius 2 is 1.85 bits per heavy atom. The molecule has 5 aromatic rings. The van der Waals surface area contributed by atoms with E-state index in [0.717, 1.165) is 77.2 Å². The van der Waals surface area contributed by atoms with E-state index >= 15 is 0 Å². The third-order valence-corrected chi connectivity index (χ3v) is 9.12. The minimum Gasteiger partial charge on any atom is -0.357 e. The Labute approximate surface area is 236 Å².